The van der Waals surface area contributed by atoms with E-state index in [1.807, 2.05) is 31.2 Å². The summed E-state index contributed by atoms with van der Waals surface area (Å²) < 4.78 is 13.9. The molecule has 0 amide bonds. The van der Waals surface area contributed by atoms with Crippen molar-refractivity contribution >= 4 is 11.6 Å². The number of aliphatic hydroxyl groups excluding tert-OH is 1. The highest BCUT2D eigenvalue weighted by Crippen LogP contribution is 2.25. The molecule has 0 saturated heterocycles. The molecule has 0 spiro atoms. The van der Waals surface area contributed by atoms with Gasteiger partial charge < -0.3 is 5.11 Å². The summed E-state index contributed by atoms with van der Waals surface area (Å²) in [5.74, 6) is -0.511. The molecule has 0 aliphatic rings. The Morgan fingerprint density at radius 1 is 1.21 bits per heavy atom. The Bertz CT molecular complexity index is 568. The molecule has 0 aromatic heterocycles. The smallest absolute Gasteiger partial charge is 0.144 e. The molecule has 0 aliphatic carbocycles. The van der Waals surface area contributed by atoms with Gasteiger partial charge in [-0.3, -0.25) is 0 Å². The van der Waals surface area contributed by atoms with Crippen molar-refractivity contribution in [2.24, 2.45) is 0 Å². The molecule has 1 atom stereocenters. The highest BCUT2D eigenvalue weighted by Gasteiger charge is 2.15. The maximum absolute atomic E-state index is 13.9. The van der Waals surface area contributed by atoms with Crippen LogP contribution in [0.15, 0.2) is 42.5 Å². The molecule has 1 N–H and O–H groups in total. The molecule has 100 valence electrons. The zero-order valence-electron chi connectivity index (χ0n) is 10.7. The monoisotopic (exact) mass is 278 g/mol. The summed E-state index contributed by atoms with van der Waals surface area (Å²) in [5, 5.41) is 9.66. The van der Waals surface area contributed by atoms with Crippen LogP contribution in [-0.2, 0) is 6.42 Å². The second-order valence-electron chi connectivity index (χ2n) is 4.71. The third kappa shape index (κ3) is 3.34. The van der Waals surface area contributed by atoms with Crippen molar-refractivity contribution in [1.29, 1.82) is 0 Å². The summed E-state index contributed by atoms with van der Waals surface area (Å²) in [6, 6.07) is 12.9. The van der Waals surface area contributed by atoms with E-state index in [-0.39, 0.29) is 17.5 Å². The van der Waals surface area contributed by atoms with Crippen LogP contribution >= 0.6 is 11.6 Å². The van der Waals surface area contributed by atoms with Gasteiger partial charge in [0.2, 0.25) is 0 Å². The number of hydrogen-bond donors (Lipinski definition) is 1. The highest BCUT2D eigenvalue weighted by molar-refractivity contribution is 6.30. The second kappa shape index (κ2) is 6.18. The summed E-state index contributed by atoms with van der Waals surface area (Å²) >= 11 is 5.77. The maximum Gasteiger partial charge on any atom is 0.144 e. The largest absolute Gasteiger partial charge is 0.396 e. The summed E-state index contributed by atoms with van der Waals surface area (Å²) in [6.45, 7) is 1.98. The summed E-state index contributed by atoms with van der Waals surface area (Å²) in [6.07, 6.45) is 0.437. The van der Waals surface area contributed by atoms with Gasteiger partial charge in [0.05, 0.1) is 11.6 Å². The van der Waals surface area contributed by atoms with Crippen molar-refractivity contribution in [2.75, 3.05) is 6.61 Å². The molecular formula is C16H16ClFO. The fraction of sp³-hybridized carbons (Fsp3) is 0.250. The van der Waals surface area contributed by atoms with Crippen LogP contribution in [0.3, 0.4) is 0 Å². The highest BCUT2D eigenvalue weighted by atomic mass is 35.5. The molecule has 0 bridgehead atoms. The van der Waals surface area contributed by atoms with Gasteiger partial charge in [-0.05, 0) is 30.5 Å². The van der Waals surface area contributed by atoms with Gasteiger partial charge in [-0.15, -0.1) is 0 Å². The average Bonchev–Trinajstić information content (AvgIpc) is 2.40. The molecule has 0 aliphatic heterocycles. The topological polar surface area (TPSA) is 20.2 Å². The van der Waals surface area contributed by atoms with Crippen molar-refractivity contribution in [2.45, 2.75) is 19.3 Å². The predicted octanol–water partition coefficient (Wildman–Crippen LogP) is 4.11. The molecule has 0 fully saturated rings. The third-order valence-corrected chi connectivity index (χ3v) is 3.52. The van der Waals surface area contributed by atoms with E-state index in [0.717, 1.165) is 11.1 Å². The number of benzene rings is 2. The number of halogens is 2. The lowest BCUT2D eigenvalue weighted by Gasteiger charge is -2.16. The SMILES string of the molecule is Cc1cccc(C(CO)Cc2cccc(Cl)c2F)c1. The van der Waals surface area contributed by atoms with E-state index in [9.17, 15) is 9.50 Å². The summed E-state index contributed by atoms with van der Waals surface area (Å²) in [5.41, 5.74) is 2.68. The van der Waals surface area contributed by atoms with Crippen LogP contribution in [0.2, 0.25) is 5.02 Å². The van der Waals surface area contributed by atoms with Crippen molar-refractivity contribution in [3.8, 4) is 0 Å². The molecule has 2 rings (SSSR count). The Kier molecular flexibility index (Phi) is 4.56. The maximum atomic E-state index is 13.9. The molecule has 1 nitrogen and oxygen atoms in total. The number of aryl methyl sites for hydroxylation is 1. The van der Waals surface area contributed by atoms with E-state index in [1.165, 1.54) is 6.07 Å². The Labute approximate surface area is 117 Å². The van der Waals surface area contributed by atoms with Crippen LogP contribution in [0.25, 0.3) is 0 Å². The predicted molar refractivity (Wildman–Crippen MR) is 76.1 cm³/mol. The normalized spacial score (nSPS) is 12.4. The fourth-order valence-electron chi connectivity index (χ4n) is 2.18. The van der Waals surface area contributed by atoms with Gasteiger partial charge in [-0.25, -0.2) is 4.39 Å². The van der Waals surface area contributed by atoms with Crippen LogP contribution in [-0.4, -0.2) is 11.7 Å². The van der Waals surface area contributed by atoms with Crippen LogP contribution in [0.5, 0.6) is 0 Å². The van der Waals surface area contributed by atoms with Gasteiger partial charge in [-0.2, -0.15) is 0 Å². The minimum Gasteiger partial charge on any atom is -0.396 e. The zero-order valence-corrected chi connectivity index (χ0v) is 11.5. The van der Waals surface area contributed by atoms with E-state index < -0.39 is 5.82 Å². The van der Waals surface area contributed by atoms with Crippen molar-refractivity contribution in [3.05, 3.63) is 70.0 Å². The van der Waals surface area contributed by atoms with E-state index in [0.29, 0.717) is 12.0 Å². The Balaban J connectivity index is 2.26. The minimum atomic E-state index is -0.393. The summed E-state index contributed by atoms with van der Waals surface area (Å²) in [4.78, 5) is 0. The van der Waals surface area contributed by atoms with Crippen LogP contribution in [0, 0.1) is 12.7 Å². The van der Waals surface area contributed by atoms with E-state index in [1.54, 1.807) is 12.1 Å². The van der Waals surface area contributed by atoms with Crippen LogP contribution in [0.4, 0.5) is 4.39 Å². The van der Waals surface area contributed by atoms with Crippen LogP contribution in [0.1, 0.15) is 22.6 Å². The Morgan fingerprint density at radius 2 is 1.95 bits per heavy atom. The lowest BCUT2D eigenvalue weighted by molar-refractivity contribution is 0.263. The lowest BCUT2D eigenvalue weighted by atomic mass is 9.91. The number of rotatable bonds is 4. The van der Waals surface area contributed by atoms with Gasteiger partial charge >= 0.3 is 0 Å². The quantitative estimate of drug-likeness (QED) is 0.892. The van der Waals surface area contributed by atoms with Gasteiger partial charge in [0.25, 0.3) is 0 Å². The first-order valence-electron chi connectivity index (χ1n) is 6.22. The van der Waals surface area contributed by atoms with Gasteiger partial charge in [0.15, 0.2) is 0 Å². The first kappa shape index (κ1) is 14.0. The van der Waals surface area contributed by atoms with Crippen molar-refractivity contribution in [3.63, 3.8) is 0 Å². The van der Waals surface area contributed by atoms with Crippen LogP contribution < -0.4 is 0 Å². The fourth-order valence-corrected chi connectivity index (χ4v) is 2.38. The third-order valence-electron chi connectivity index (χ3n) is 3.23. The molecule has 2 aromatic rings. The van der Waals surface area contributed by atoms with Gasteiger partial charge in [0.1, 0.15) is 5.82 Å². The molecular weight excluding hydrogens is 263 g/mol. The first-order valence-corrected chi connectivity index (χ1v) is 6.60. The average molecular weight is 279 g/mol. The van der Waals surface area contributed by atoms with E-state index in [2.05, 4.69) is 0 Å². The lowest BCUT2D eigenvalue weighted by Crippen LogP contribution is -2.09. The molecule has 0 radical (unpaired) electrons. The standard InChI is InChI=1S/C16H16ClFO/c1-11-4-2-5-12(8-11)14(10-19)9-13-6-3-7-15(17)16(13)18/h2-8,14,19H,9-10H2,1H3. The molecule has 19 heavy (non-hydrogen) atoms. The summed E-state index contributed by atoms with van der Waals surface area (Å²) in [7, 11) is 0. The Hall–Kier alpha value is -1.38. The van der Waals surface area contributed by atoms with Crippen molar-refractivity contribution < 1.29 is 9.50 Å². The number of aliphatic hydroxyl groups is 1. The minimum absolute atomic E-state index is 0.0184. The second-order valence-corrected chi connectivity index (χ2v) is 5.12. The molecule has 0 heterocycles. The molecule has 2 aromatic carbocycles. The first-order chi connectivity index (χ1) is 9.11. The molecule has 3 heteroatoms. The van der Waals surface area contributed by atoms with Crippen molar-refractivity contribution in [1.82, 2.24) is 0 Å². The number of hydrogen-bond acceptors (Lipinski definition) is 1. The van der Waals surface area contributed by atoms with E-state index in [4.69, 9.17) is 11.6 Å². The van der Waals surface area contributed by atoms with E-state index >= 15 is 0 Å². The van der Waals surface area contributed by atoms with Gasteiger partial charge in [-0.1, -0.05) is 53.6 Å². The van der Waals surface area contributed by atoms with Gasteiger partial charge in [0, 0.05) is 5.92 Å². The molecule has 0 saturated carbocycles. The molecule has 1 unspecified atom stereocenters. The Morgan fingerprint density at radius 3 is 2.63 bits per heavy atom. The zero-order chi connectivity index (χ0) is 13.8.